The third kappa shape index (κ3) is 5.01. The van der Waals surface area contributed by atoms with Crippen molar-refractivity contribution < 1.29 is 4.74 Å². The van der Waals surface area contributed by atoms with Gasteiger partial charge in [0.1, 0.15) is 0 Å². The molecular weight excluding hydrogens is 210 g/mol. The summed E-state index contributed by atoms with van der Waals surface area (Å²) in [6, 6.07) is 0.708. The van der Waals surface area contributed by atoms with E-state index in [-0.39, 0.29) is 0 Å². The van der Waals surface area contributed by atoms with Gasteiger partial charge in [-0.25, -0.2) is 0 Å². The van der Waals surface area contributed by atoms with Crippen LogP contribution < -0.4 is 5.32 Å². The van der Waals surface area contributed by atoms with Gasteiger partial charge in [0, 0.05) is 11.6 Å². The predicted octanol–water partition coefficient (Wildman–Crippen LogP) is 3.07. The first-order chi connectivity index (χ1) is 7.26. The lowest BCUT2D eigenvalue weighted by Crippen LogP contribution is -2.35. The first-order valence-electron chi connectivity index (χ1n) is 5.87. The van der Waals surface area contributed by atoms with E-state index < -0.39 is 0 Å². The van der Waals surface area contributed by atoms with Gasteiger partial charge >= 0.3 is 0 Å². The Labute approximate surface area is 98.0 Å². The van der Waals surface area contributed by atoms with Gasteiger partial charge in [0.2, 0.25) is 0 Å². The zero-order valence-electron chi connectivity index (χ0n) is 9.76. The molecule has 1 saturated carbocycles. The minimum atomic E-state index is 0.437. The predicted molar refractivity (Wildman–Crippen MR) is 65.3 cm³/mol. The van der Waals surface area contributed by atoms with Gasteiger partial charge < -0.3 is 10.1 Å². The lowest BCUT2D eigenvalue weighted by Gasteiger charge is -2.29. The van der Waals surface area contributed by atoms with E-state index in [4.69, 9.17) is 16.3 Å². The standard InChI is InChI=1S/C12H22ClNO/c1-3-14-11-4-6-12(7-5-11)15-9-10(2)8-13/h8,11-12,14H,3-7,9H2,1-2H3. The molecule has 0 unspecified atom stereocenters. The van der Waals surface area contributed by atoms with Crippen LogP contribution in [0.2, 0.25) is 0 Å². The molecule has 3 heteroatoms. The highest BCUT2D eigenvalue weighted by molar-refractivity contribution is 6.25. The van der Waals surface area contributed by atoms with Gasteiger partial charge in [-0.05, 0) is 44.7 Å². The quantitative estimate of drug-likeness (QED) is 0.785. The van der Waals surface area contributed by atoms with Crippen LogP contribution in [0.15, 0.2) is 11.1 Å². The van der Waals surface area contributed by atoms with E-state index in [1.165, 1.54) is 25.7 Å². The van der Waals surface area contributed by atoms with Crippen molar-refractivity contribution in [1.82, 2.24) is 5.32 Å². The molecule has 0 heterocycles. The molecule has 0 aromatic rings. The Balaban J connectivity index is 2.14. The molecule has 0 atom stereocenters. The Morgan fingerprint density at radius 2 is 2.07 bits per heavy atom. The maximum Gasteiger partial charge on any atom is 0.0689 e. The highest BCUT2D eigenvalue weighted by Crippen LogP contribution is 2.21. The number of hydrogen-bond acceptors (Lipinski definition) is 2. The molecule has 0 radical (unpaired) electrons. The second-order valence-corrected chi connectivity index (χ2v) is 4.52. The van der Waals surface area contributed by atoms with E-state index in [0.717, 1.165) is 12.1 Å². The van der Waals surface area contributed by atoms with Crippen LogP contribution in [0.25, 0.3) is 0 Å². The Kier molecular flexibility index (Phi) is 6.30. The summed E-state index contributed by atoms with van der Waals surface area (Å²) >= 11 is 5.58. The van der Waals surface area contributed by atoms with E-state index in [0.29, 0.717) is 18.8 Å². The number of rotatable bonds is 5. The van der Waals surface area contributed by atoms with Crippen molar-refractivity contribution in [3.63, 3.8) is 0 Å². The summed E-state index contributed by atoms with van der Waals surface area (Å²) < 4.78 is 5.78. The lowest BCUT2D eigenvalue weighted by molar-refractivity contribution is 0.0362. The van der Waals surface area contributed by atoms with E-state index in [1.807, 2.05) is 6.92 Å². The van der Waals surface area contributed by atoms with Crippen LogP contribution in [0.3, 0.4) is 0 Å². The van der Waals surface area contributed by atoms with Crippen molar-refractivity contribution in [2.45, 2.75) is 51.7 Å². The van der Waals surface area contributed by atoms with Crippen LogP contribution in [-0.4, -0.2) is 25.3 Å². The normalized spacial score (nSPS) is 28.1. The molecule has 2 nitrogen and oxygen atoms in total. The second-order valence-electron chi connectivity index (χ2n) is 4.30. The molecule has 0 saturated heterocycles. The van der Waals surface area contributed by atoms with Crippen molar-refractivity contribution in [3.05, 3.63) is 11.1 Å². The molecule has 1 aliphatic rings. The number of halogens is 1. The average Bonchev–Trinajstić information content (AvgIpc) is 2.28. The fourth-order valence-corrected chi connectivity index (χ4v) is 2.07. The third-order valence-corrected chi connectivity index (χ3v) is 3.27. The third-order valence-electron chi connectivity index (χ3n) is 2.90. The molecular formula is C12H22ClNO. The molecule has 0 amide bonds. The van der Waals surface area contributed by atoms with Crippen LogP contribution in [0.4, 0.5) is 0 Å². The number of hydrogen-bond donors (Lipinski definition) is 1. The van der Waals surface area contributed by atoms with Crippen LogP contribution in [0, 0.1) is 0 Å². The van der Waals surface area contributed by atoms with Crippen molar-refractivity contribution in [2.24, 2.45) is 0 Å². The maximum absolute atomic E-state index is 5.78. The Bertz CT molecular complexity index is 198. The molecule has 0 aliphatic heterocycles. The summed E-state index contributed by atoms with van der Waals surface area (Å²) in [6.45, 7) is 5.92. The van der Waals surface area contributed by atoms with Crippen molar-refractivity contribution >= 4 is 11.6 Å². The topological polar surface area (TPSA) is 21.3 Å². The smallest absolute Gasteiger partial charge is 0.0689 e. The first kappa shape index (κ1) is 13.0. The molecule has 0 aromatic heterocycles. The largest absolute Gasteiger partial charge is 0.374 e. The van der Waals surface area contributed by atoms with Gasteiger partial charge in [-0.1, -0.05) is 18.5 Å². The number of nitrogens with one attached hydrogen (secondary N) is 1. The van der Waals surface area contributed by atoms with Gasteiger partial charge in [0.25, 0.3) is 0 Å². The average molecular weight is 232 g/mol. The van der Waals surface area contributed by atoms with E-state index in [9.17, 15) is 0 Å². The monoisotopic (exact) mass is 231 g/mol. The summed E-state index contributed by atoms with van der Waals surface area (Å²) in [5.74, 6) is 0. The van der Waals surface area contributed by atoms with Crippen molar-refractivity contribution in [3.8, 4) is 0 Å². The summed E-state index contributed by atoms with van der Waals surface area (Å²) in [5, 5.41) is 3.49. The van der Waals surface area contributed by atoms with Gasteiger partial charge in [0.05, 0.1) is 12.7 Å². The number of ether oxygens (including phenoxy) is 1. The fraction of sp³-hybridized carbons (Fsp3) is 0.833. The van der Waals surface area contributed by atoms with Crippen LogP contribution in [0.5, 0.6) is 0 Å². The van der Waals surface area contributed by atoms with Gasteiger partial charge in [-0.3, -0.25) is 0 Å². The van der Waals surface area contributed by atoms with E-state index in [1.54, 1.807) is 5.54 Å². The van der Waals surface area contributed by atoms with Gasteiger partial charge in [-0.15, -0.1) is 0 Å². The second kappa shape index (κ2) is 7.26. The lowest BCUT2D eigenvalue weighted by atomic mass is 9.93. The summed E-state index contributed by atoms with van der Waals surface area (Å²) in [5.41, 5.74) is 2.70. The first-order valence-corrected chi connectivity index (χ1v) is 6.30. The zero-order chi connectivity index (χ0) is 11.1. The highest BCUT2D eigenvalue weighted by Gasteiger charge is 2.20. The summed E-state index contributed by atoms with van der Waals surface area (Å²) in [4.78, 5) is 0. The fourth-order valence-electron chi connectivity index (χ4n) is 2.00. The molecule has 0 spiro atoms. The van der Waals surface area contributed by atoms with Gasteiger partial charge in [0.15, 0.2) is 0 Å². The van der Waals surface area contributed by atoms with Crippen LogP contribution in [-0.2, 0) is 4.74 Å². The SMILES string of the molecule is CCNC1CCC(OCC(C)=CCl)CC1. The van der Waals surface area contributed by atoms with Gasteiger partial charge in [-0.2, -0.15) is 0 Å². The Morgan fingerprint density at radius 1 is 1.40 bits per heavy atom. The molecule has 1 fully saturated rings. The molecule has 15 heavy (non-hydrogen) atoms. The molecule has 0 bridgehead atoms. The summed E-state index contributed by atoms with van der Waals surface area (Å²) in [7, 11) is 0. The molecule has 1 rings (SSSR count). The molecule has 1 N–H and O–H groups in total. The van der Waals surface area contributed by atoms with Crippen molar-refractivity contribution in [1.29, 1.82) is 0 Å². The summed E-state index contributed by atoms with van der Waals surface area (Å²) in [6.07, 6.45) is 5.26. The van der Waals surface area contributed by atoms with E-state index >= 15 is 0 Å². The van der Waals surface area contributed by atoms with Crippen LogP contribution >= 0.6 is 11.6 Å². The molecule has 1 aliphatic carbocycles. The van der Waals surface area contributed by atoms with Crippen molar-refractivity contribution in [2.75, 3.05) is 13.2 Å². The zero-order valence-corrected chi connectivity index (χ0v) is 10.5. The minimum Gasteiger partial charge on any atom is -0.374 e. The minimum absolute atomic E-state index is 0.437. The highest BCUT2D eigenvalue weighted by atomic mass is 35.5. The van der Waals surface area contributed by atoms with Crippen LogP contribution in [0.1, 0.15) is 39.5 Å². The molecule has 0 aromatic carbocycles. The van der Waals surface area contributed by atoms with E-state index in [2.05, 4.69) is 12.2 Å². The Morgan fingerprint density at radius 3 is 2.60 bits per heavy atom. The Hall–Kier alpha value is -0.0500. The maximum atomic E-state index is 5.78. The molecule has 88 valence electrons.